The summed E-state index contributed by atoms with van der Waals surface area (Å²) in [5.74, 6) is 0.557. The summed E-state index contributed by atoms with van der Waals surface area (Å²) in [4.78, 5) is 4.18. The number of hydrogen-bond acceptors (Lipinski definition) is 3. The third kappa shape index (κ3) is 2.31. The molecule has 72 valence electrons. The van der Waals surface area contributed by atoms with Crippen LogP contribution in [0.15, 0.2) is 12.1 Å². The predicted molar refractivity (Wildman–Crippen MR) is 54.6 cm³/mol. The van der Waals surface area contributed by atoms with Gasteiger partial charge < -0.3 is 9.30 Å². The average molecular weight is 199 g/mol. The molecule has 0 aliphatic carbocycles. The monoisotopic (exact) mass is 199 g/mol. The van der Waals surface area contributed by atoms with Gasteiger partial charge in [0.1, 0.15) is 12.6 Å². The van der Waals surface area contributed by atoms with Crippen LogP contribution in [-0.2, 0) is 4.57 Å². The zero-order chi connectivity index (χ0) is 10.1. The number of aromatic nitrogens is 1. The van der Waals surface area contributed by atoms with Crippen LogP contribution in [0.1, 0.15) is 5.56 Å². The summed E-state index contributed by atoms with van der Waals surface area (Å²) in [6.07, 6.45) is 0. The zero-order valence-corrected chi connectivity index (χ0v) is 9.26. The second-order valence-electron chi connectivity index (χ2n) is 3.35. The molecule has 0 saturated heterocycles. The number of pyridine rings is 1. The van der Waals surface area contributed by atoms with Crippen molar-refractivity contribution in [1.29, 1.82) is 0 Å². The van der Waals surface area contributed by atoms with Crippen molar-refractivity contribution < 1.29 is 9.30 Å². The summed E-state index contributed by atoms with van der Waals surface area (Å²) < 4.78 is 16.7. The lowest BCUT2D eigenvalue weighted by molar-refractivity contribution is 0.395. The third-order valence-electron chi connectivity index (χ3n) is 1.78. The van der Waals surface area contributed by atoms with E-state index in [1.807, 2.05) is 13.0 Å². The Balaban J connectivity index is 3.22. The van der Waals surface area contributed by atoms with E-state index in [0.29, 0.717) is 11.3 Å². The van der Waals surface area contributed by atoms with E-state index in [-0.39, 0.29) is 0 Å². The number of methoxy groups -OCH3 is 1. The van der Waals surface area contributed by atoms with Crippen LogP contribution in [0.2, 0.25) is 0 Å². The van der Waals surface area contributed by atoms with Crippen molar-refractivity contribution in [1.82, 2.24) is 4.98 Å². The minimum absolute atomic E-state index is 0.557. The SMILES string of the molecule is COc1nc(P(C)(C)=O)ccc1C. The molecule has 1 aromatic heterocycles. The molecule has 0 amide bonds. The first-order valence-corrected chi connectivity index (χ1v) is 6.62. The molecule has 0 unspecified atom stereocenters. The Kier molecular flexibility index (Phi) is 2.77. The summed E-state index contributed by atoms with van der Waals surface area (Å²) in [7, 11) is -0.704. The molecule has 1 heterocycles. The van der Waals surface area contributed by atoms with E-state index >= 15 is 0 Å². The number of ether oxygens (including phenoxy) is 1. The maximum Gasteiger partial charge on any atom is 0.216 e. The van der Waals surface area contributed by atoms with Crippen LogP contribution in [0, 0.1) is 6.92 Å². The van der Waals surface area contributed by atoms with Crippen molar-refractivity contribution >= 4 is 12.6 Å². The smallest absolute Gasteiger partial charge is 0.216 e. The van der Waals surface area contributed by atoms with E-state index in [2.05, 4.69) is 4.98 Å². The topological polar surface area (TPSA) is 39.2 Å². The van der Waals surface area contributed by atoms with Crippen LogP contribution >= 0.6 is 7.14 Å². The van der Waals surface area contributed by atoms with Gasteiger partial charge in [-0.1, -0.05) is 6.07 Å². The highest BCUT2D eigenvalue weighted by atomic mass is 31.2. The first kappa shape index (κ1) is 10.3. The van der Waals surface area contributed by atoms with Gasteiger partial charge in [0.25, 0.3) is 0 Å². The van der Waals surface area contributed by atoms with Crippen molar-refractivity contribution in [3.05, 3.63) is 17.7 Å². The molecule has 0 N–H and O–H groups in total. The van der Waals surface area contributed by atoms with E-state index in [1.165, 1.54) is 0 Å². The largest absolute Gasteiger partial charge is 0.481 e. The molecule has 0 atom stereocenters. The van der Waals surface area contributed by atoms with Gasteiger partial charge in [0, 0.05) is 5.56 Å². The minimum atomic E-state index is -2.27. The van der Waals surface area contributed by atoms with Crippen LogP contribution in [-0.4, -0.2) is 25.4 Å². The predicted octanol–water partition coefficient (Wildman–Crippen LogP) is 1.65. The number of nitrogens with zero attached hydrogens (tertiary/aromatic N) is 1. The first-order chi connectivity index (χ1) is 5.95. The molecule has 0 radical (unpaired) electrons. The fraction of sp³-hybridized carbons (Fsp3) is 0.444. The summed E-state index contributed by atoms with van der Waals surface area (Å²) in [5.41, 5.74) is 1.58. The molecule has 3 nitrogen and oxygen atoms in total. The normalized spacial score (nSPS) is 11.4. The van der Waals surface area contributed by atoms with Gasteiger partial charge in [-0.05, 0) is 26.3 Å². The lowest BCUT2D eigenvalue weighted by Crippen LogP contribution is -2.09. The molecule has 0 aliphatic heterocycles. The molecule has 0 fully saturated rings. The summed E-state index contributed by atoms with van der Waals surface area (Å²) in [6, 6.07) is 3.67. The fourth-order valence-electron chi connectivity index (χ4n) is 1.01. The standard InChI is InChI=1S/C9H14NO2P/c1-7-5-6-8(13(3,4)11)10-9(7)12-2/h5-6H,1-4H3. The van der Waals surface area contributed by atoms with Gasteiger partial charge in [0.2, 0.25) is 5.88 Å². The zero-order valence-electron chi connectivity index (χ0n) is 8.37. The van der Waals surface area contributed by atoms with Gasteiger partial charge in [-0.25, -0.2) is 4.98 Å². The van der Waals surface area contributed by atoms with Crippen molar-refractivity contribution in [3.63, 3.8) is 0 Å². The molecule has 1 aromatic rings. The van der Waals surface area contributed by atoms with Gasteiger partial charge >= 0.3 is 0 Å². The summed E-state index contributed by atoms with van der Waals surface area (Å²) >= 11 is 0. The highest BCUT2D eigenvalue weighted by Gasteiger charge is 2.14. The first-order valence-electron chi connectivity index (χ1n) is 4.02. The van der Waals surface area contributed by atoms with Gasteiger partial charge in [-0.2, -0.15) is 0 Å². The van der Waals surface area contributed by atoms with Crippen LogP contribution < -0.4 is 10.2 Å². The molecule has 0 aliphatic rings. The van der Waals surface area contributed by atoms with Crippen LogP contribution in [0.5, 0.6) is 5.88 Å². The number of rotatable bonds is 2. The molecule has 4 heteroatoms. The Morgan fingerprint density at radius 2 is 2.00 bits per heavy atom. The van der Waals surface area contributed by atoms with E-state index in [0.717, 1.165) is 5.56 Å². The quantitative estimate of drug-likeness (QED) is 0.680. The molecule has 0 aromatic carbocycles. The molecule has 0 bridgehead atoms. The Morgan fingerprint density at radius 1 is 1.38 bits per heavy atom. The molecular weight excluding hydrogens is 185 g/mol. The van der Waals surface area contributed by atoms with E-state index in [9.17, 15) is 4.57 Å². The van der Waals surface area contributed by atoms with E-state index in [1.54, 1.807) is 26.5 Å². The van der Waals surface area contributed by atoms with Gasteiger partial charge in [-0.15, -0.1) is 0 Å². The second-order valence-corrected chi connectivity index (χ2v) is 6.51. The van der Waals surface area contributed by atoms with Crippen LogP contribution in [0.25, 0.3) is 0 Å². The van der Waals surface area contributed by atoms with Crippen LogP contribution in [0.4, 0.5) is 0 Å². The lowest BCUT2D eigenvalue weighted by atomic mass is 10.3. The Morgan fingerprint density at radius 3 is 2.46 bits per heavy atom. The molecule has 0 saturated carbocycles. The Hall–Kier alpha value is -0.820. The minimum Gasteiger partial charge on any atom is -0.481 e. The molecule has 1 rings (SSSR count). The fourth-order valence-corrected chi connectivity index (χ4v) is 1.77. The highest BCUT2D eigenvalue weighted by molar-refractivity contribution is 7.69. The van der Waals surface area contributed by atoms with Gasteiger partial charge in [0.15, 0.2) is 0 Å². The maximum absolute atomic E-state index is 11.7. The van der Waals surface area contributed by atoms with Crippen molar-refractivity contribution in [2.24, 2.45) is 0 Å². The van der Waals surface area contributed by atoms with E-state index < -0.39 is 7.14 Å². The molecular formula is C9H14NO2P. The molecule has 13 heavy (non-hydrogen) atoms. The lowest BCUT2D eigenvalue weighted by Gasteiger charge is -2.09. The highest BCUT2D eigenvalue weighted by Crippen LogP contribution is 2.34. The molecule has 0 spiro atoms. The number of hydrogen-bond donors (Lipinski definition) is 0. The second kappa shape index (κ2) is 3.51. The third-order valence-corrected chi connectivity index (χ3v) is 3.13. The van der Waals surface area contributed by atoms with Gasteiger partial charge in [-0.3, -0.25) is 0 Å². The van der Waals surface area contributed by atoms with Crippen molar-refractivity contribution in [2.75, 3.05) is 20.4 Å². The summed E-state index contributed by atoms with van der Waals surface area (Å²) in [5, 5.41) is 0. The van der Waals surface area contributed by atoms with Gasteiger partial charge in [0.05, 0.1) is 7.11 Å². The van der Waals surface area contributed by atoms with Crippen LogP contribution in [0.3, 0.4) is 0 Å². The van der Waals surface area contributed by atoms with Crippen molar-refractivity contribution in [2.45, 2.75) is 6.92 Å². The average Bonchev–Trinajstić information content (AvgIpc) is 2.03. The number of aryl methyl sites for hydroxylation is 1. The Bertz CT molecular complexity index is 357. The summed E-state index contributed by atoms with van der Waals surface area (Å²) in [6.45, 7) is 5.31. The maximum atomic E-state index is 11.7. The van der Waals surface area contributed by atoms with E-state index in [4.69, 9.17) is 4.74 Å². The van der Waals surface area contributed by atoms with Crippen molar-refractivity contribution in [3.8, 4) is 5.88 Å². The Labute approximate surface area is 78.5 Å².